The van der Waals surface area contributed by atoms with Gasteiger partial charge in [0.1, 0.15) is 17.1 Å². The van der Waals surface area contributed by atoms with Crippen LogP contribution in [0.25, 0.3) is 5.65 Å². The minimum Gasteiger partial charge on any atom is -0.497 e. The van der Waals surface area contributed by atoms with Gasteiger partial charge in [0.15, 0.2) is 5.65 Å². The number of ether oxygens (including phenoxy) is 2. The van der Waals surface area contributed by atoms with Crippen LogP contribution in [0.1, 0.15) is 10.4 Å². The van der Waals surface area contributed by atoms with Gasteiger partial charge in [0.2, 0.25) is 5.88 Å². The summed E-state index contributed by atoms with van der Waals surface area (Å²) >= 11 is 0. The minimum atomic E-state index is -1.11. The standard InChI is InChI=1S/C12H9N5O4/c1-20-7-2-3-8(12(18)19)9(6-7)21-11-5-4-10-13-15-16-17(10)14-11/h2-6H,1H3,(H,18,19). The maximum absolute atomic E-state index is 11.2. The van der Waals surface area contributed by atoms with Crippen molar-refractivity contribution in [3.8, 4) is 17.4 Å². The van der Waals surface area contributed by atoms with Crippen LogP contribution < -0.4 is 9.47 Å². The number of aromatic nitrogens is 5. The number of nitrogens with zero attached hydrogens (tertiary/aromatic N) is 5. The van der Waals surface area contributed by atoms with Crippen LogP contribution in [0, 0.1) is 0 Å². The molecule has 0 saturated heterocycles. The second-order valence-corrected chi connectivity index (χ2v) is 3.97. The molecular weight excluding hydrogens is 278 g/mol. The zero-order chi connectivity index (χ0) is 14.8. The zero-order valence-corrected chi connectivity index (χ0v) is 10.8. The van der Waals surface area contributed by atoms with Crippen molar-refractivity contribution in [2.45, 2.75) is 0 Å². The van der Waals surface area contributed by atoms with Crippen LogP contribution in [0.15, 0.2) is 30.3 Å². The number of tetrazole rings is 1. The van der Waals surface area contributed by atoms with Gasteiger partial charge in [0.05, 0.1) is 7.11 Å². The van der Waals surface area contributed by atoms with Crippen molar-refractivity contribution < 1.29 is 19.4 Å². The molecule has 9 heteroatoms. The molecule has 21 heavy (non-hydrogen) atoms. The summed E-state index contributed by atoms with van der Waals surface area (Å²) in [5.41, 5.74) is 0.445. The third kappa shape index (κ3) is 2.43. The zero-order valence-electron chi connectivity index (χ0n) is 10.8. The highest BCUT2D eigenvalue weighted by molar-refractivity contribution is 5.91. The van der Waals surface area contributed by atoms with E-state index in [-0.39, 0.29) is 17.2 Å². The lowest BCUT2D eigenvalue weighted by Gasteiger charge is -2.09. The first-order valence-corrected chi connectivity index (χ1v) is 5.82. The Morgan fingerprint density at radius 2 is 2.14 bits per heavy atom. The van der Waals surface area contributed by atoms with Crippen LogP contribution in [-0.4, -0.2) is 43.4 Å². The van der Waals surface area contributed by atoms with Gasteiger partial charge < -0.3 is 14.6 Å². The van der Waals surface area contributed by atoms with Crippen LogP contribution >= 0.6 is 0 Å². The summed E-state index contributed by atoms with van der Waals surface area (Å²) < 4.78 is 11.7. The molecule has 106 valence electrons. The second-order valence-electron chi connectivity index (χ2n) is 3.97. The van der Waals surface area contributed by atoms with Crippen LogP contribution in [-0.2, 0) is 0 Å². The molecule has 1 aromatic carbocycles. The number of carboxylic acid groups (broad SMARTS) is 1. The molecular formula is C12H9N5O4. The summed E-state index contributed by atoms with van der Waals surface area (Å²) in [6.07, 6.45) is 0. The predicted molar refractivity (Wildman–Crippen MR) is 68.6 cm³/mol. The van der Waals surface area contributed by atoms with Crippen molar-refractivity contribution in [2.24, 2.45) is 0 Å². The van der Waals surface area contributed by atoms with Crippen molar-refractivity contribution in [1.29, 1.82) is 0 Å². The van der Waals surface area contributed by atoms with E-state index < -0.39 is 5.97 Å². The molecule has 3 aromatic rings. The number of hydrogen-bond acceptors (Lipinski definition) is 7. The van der Waals surface area contributed by atoms with Crippen LogP contribution in [0.2, 0.25) is 0 Å². The van der Waals surface area contributed by atoms with Crippen LogP contribution in [0.5, 0.6) is 17.4 Å². The number of carboxylic acids is 1. The summed E-state index contributed by atoms with van der Waals surface area (Å²) in [5.74, 6) is -0.373. The van der Waals surface area contributed by atoms with Crippen molar-refractivity contribution in [3.05, 3.63) is 35.9 Å². The molecule has 2 heterocycles. The molecule has 0 amide bonds. The molecule has 0 aliphatic heterocycles. The lowest BCUT2D eigenvalue weighted by molar-refractivity contribution is 0.0694. The fourth-order valence-corrected chi connectivity index (χ4v) is 1.69. The number of rotatable bonds is 4. The van der Waals surface area contributed by atoms with Crippen molar-refractivity contribution in [3.63, 3.8) is 0 Å². The summed E-state index contributed by atoms with van der Waals surface area (Å²) in [7, 11) is 1.48. The molecule has 0 aliphatic carbocycles. The van der Waals surface area contributed by atoms with Gasteiger partial charge in [-0.1, -0.05) is 0 Å². The number of benzene rings is 1. The van der Waals surface area contributed by atoms with E-state index in [4.69, 9.17) is 14.6 Å². The van der Waals surface area contributed by atoms with Crippen molar-refractivity contribution >= 4 is 11.6 Å². The highest BCUT2D eigenvalue weighted by Gasteiger charge is 2.14. The average Bonchev–Trinajstić information content (AvgIpc) is 2.94. The molecule has 0 fully saturated rings. The molecule has 3 rings (SSSR count). The molecule has 1 N–H and O–H groups in total. The van der Waals surface area contributed by atoms with E-state index in [2.05, 4.69) is 20.6 Å². The number of carbonyl (C=O) groups is 1. The molecule has 0 unspecified atom stereocenters. The Labute approximate surface area is 117 Å². The first-order valence-electron chi connectivity index (χ1n) is 5.82. The summed E-state index contributed by atoms with van der Waals surface area (Å²) in [6.45, 7) is 0. The Balaban J connectivity index is 2.00. The minimum absolute atomic E-state index is 0.00517. The smallest absolute Gasteiger partial charge is 0.339 e. The molecule has 0 radical (unpaired) electrons. The Morgan fingerprint density at radius 1 is 1.29 bits per heavy atom. The van der Waals surface area contributed by atoms with Gasteiger partial charge in [0.25, 0.3) is 0 Å². The maximum Gasteiger partial charge on any atom is 0.339 e. The third-order valence-electron chi connectivity index (χ3n) is 2.68. The quantitative estimate of drug-likeness (QED) is 0.756. The third-order valence-corrected chi connectivity index (χ3v) is 2.68. The van der Waals surface area contributed by atoms with Crippen LogP contribution in [0.4, 0.5) is 0 Å². The summed E-state index contributed by atoms with van der Waals surface area (Å²) in [5, 5.41) is 24.0. The van der Waals surface area contributed by atoms with E-state index in [1.807, 2.05) is 0 Å². The van der Waals surface area contributed by atoms with Crippen molar-refractivity contribution in [2.75, 3.05) is 7.11 Å². The number of methoxy groups -OCH3 is 1. The fourth-order valence-electron chi connectivity index (χ4n) is 1.69. The molecule has 0 spiro atoms. The second kappa shape index (κ2) is 5.04. The largest absolute Gasteiger partial charge is 0.497 e. The topological polar surface area (TPSA) is 112 Å². The first kappa shape index (κ1) is 12.8. The fraction of sp³-hybridized carbons (Fsp3) is 0.0833. The monoisotopic (exact) mass is 287 g/mol. The van der Waals surface area contributed by atoms with E-state index in [1.54, 1.807) is 6.07 Å². The highest BCUT2D eigenvalue weighted by Crippen LogP contribution is 2.28. The Bertz CT molecular complexity index is 816. The van der Waals surface area contributed by atoms with Gasteiger partial charge in [-0.15, -0.1) is 14.8 Å². The predicted octanol–water partition coefficient (Wildman–Crippen LogP) is 1.02. The summed E-state index contributed by atoms with van der Waals surface area (Å²) in [6, 6.07) is 7.54. The number of fused-ring (bicyclic) bond motifs is 1. The summed E-state index contributed by atoms with van der Waals surface area (Å²) in [4.78, 5) is 11.2. The molecule has 9 nitrogen and oxygen atoms in total. The molecule has 0 atom stereocenters. The molecule has 0 aliphatic rings. The van der Waals surface area contributed by atoms with E-state index in [1.165, 1.54) is 36.0 Å². The van der Waals surface area contributed by atoms with Crippen molar-refractivity contribution in [1.82, 2.24) is 25.3 Å². The highest BCUT2D eigenvalue weighted by atomic mass is 16.5. The number of hydrogen-bond donors (Lipinski definition) is 1. The van der Waals surface area contributed by atoms with E-state index in [9.17, 15) is 4.79 Å². The van der Waals surface area contributed by atoms with Gasteiger partial charge in [-0.3, -0.25) is 0 Å². The van der Waals surface area contributed by atoms with Gasteiger partial charge in [-0.05, 0) is 28.6 Å². The van der Waals surface area contributed by atoms with Gasteiger partial charge >= 0.3 is 5.97 Å². The van der Waals surface area contributed by atoms with E-state index in [0.29, 0.717) is 11.4 Å². The molecule has 2 aromatic heterocycles. The lowest BCUT2D eigenvalue weighted by atomic mass is 10.2. The molecule has 0 saturated carbocycles. The Hall–Kier alpha value is -3.23. The Morgan fingerprint density at radius 3 is 2.90 bits per heavy atom. The lowest BCUT2D eigenvalue weighted by Crippen LogP contribution is -2.02. The Kier molecular flexibility index (Phi) is 3.07. The first-order chi connectivity index (χ1) is 10.2. The molecule has 0 bridgehead atoms. The maximum atomic E-state index is 11.2. The van der Waals surface area contributed by atoms with Gasteiger partial charge in [-0.2, -0.15) is 0 Å². The SMILES string of the molecule is COc1ccc(C(=O)O)c(Oc2ccc3nnnn3n2)c1. The van der Waals surface area contributed by atoms with Gasteiger partial charge in [-0.25, -0.2) is 4.79 Å². The van der Waals surface area contributed by atoms with Crippen LogP contribution in [0.3, 0.4) is 0 Å². The van der Waals surface area contributed by atoms with E-state index in [0.717, 1.165) is 0 Å². The van der Waals surface area contributed by atoms with E-state index >= 15 is 0 Å². The average molecular weight is 287 g/mol. The number of aromatic carboxylic acids is 1. The van der Waals surface area contributed by atoms with Gasteiger partial charge in [0, 0.05) is 12.1 Å². The normalized spacial score (nSPS) is 10.5.